The number of hydrazine groups is 1. The molecule has 0 unspecified atom stereocenters. The third-order valence-corrected chi connectivity index (χ3v) is 10.2. The molecular formula is C31H54BN5O8. The number of Topliss-reactive ketones (excluding diaryl/α,β-unsaturated/α-hetero) is 1. The van der Waals surface area contributed by atoms with Crippen LogP contribution < -0.4 is 16.5 Å². The van der Waals surface area contributed by atoms with Crippen LogP contribution in [0.15, 0.2) is 4.99 Å². The first-order valence-electron chi connectivity index (χ1n) is 16.6. The highest BCUT2D eigenvalue weighted by Crippen LogP contribution is 2.65. The number of rotatable bonds is 19. The van der Waals surface area contributed by atoms with Gasteiger partial charge in [-0.3, -0.25) is 14.4 Å². The van der Waals surface area contributed by atoms with E-state index in [4.69, 9.17) is 15.0 Å². The number of esters is 1. The number of guanidine groups is 1. The fourth-order valence-electron chi connectivity index (χ4n) is 7.53. The number of nitrogens with zero attached hydrogens (tertiary/aromatic N) is 2. The zero-order valence-corrected chi connectivity index (χ0v) is 28.0. The lowest BCUT2D eigenvalue weighted by Gasteiger charge is -2.64. The molecule has 0 spiro atoms. The predicted octanol–water partition coefficient (Wildman–Crippen LogP) is 3.75. The number of nitrogens with two attached hydrogens (primary N) is 1. The number of hydrogen-bond donors (Lipinski definition) is 3. The molecule has 0 radical (unpaired) electrons. The summed E-state index contributed by atoms with van der Waals surface area (Å²) >= 11 is 0. The highest BCUT2D eigenvalue weighted by molar-refractivity contribution is 6.47. The van der Waals surface area contributed by atoms with Gasteiger partial charge in [0.2, 0.25) is 5.91 Å². The van der Waals surface area contributed by atoms with E-state index in [1.54, 1.807) is 5.43 Å². The minimum Gasteiger partial charge on any atom is -0.469 e. The molecule has 1 heterocycles. The van der Waals surface area contributed by atoms with Gasteiger partial charge in [-0.05, 0) is 75.0 Å². The molecule has 4 N–H and O–H groups in total. The Kier molecular flexibility index (Phi) is 13.2. The van der Waals surface area contributed by atoms with Crippen molar-refractivity contribution in [3.8, 4) is 0 Å². The van der Waals surface area contributed by atoms with E-state index in [-0.39, 0.29) is 60.0 Å². The lowest BCUT2D eigenvalue weighted by Crippen LogP contribution is -2.65. The van der Waals surface area contributed by atoms with Crippen LogP contribution in [0.3, 0.4) is 0 Å². The maximum Gasteiger partial charge on any atom is 0.481 e. The molecule has 2 bridgehead atoms. The van der Waals surface area contributed by atoms with Crippen LogP contribution in [0.25, 0.3) is 0 Å². The maximum atomic E-state index is 13.8. The van der Waals surface area contributed by atoms with Crippen molar-refractivity contribution in [3.05, 3.63) is 10.1 Å². The van der Waals surface area contributed by atoms with E-state index in [1.165, 1.54) is 7.11 Å². The Bertz CT molecular complexity index is 1090. The van der Waals surface area contributed by atoms with Gasteiger partial charge in [-0.15, -0.1) is 0 Å². The average molecular weight is 636 g/mol. The lowest BCUT2D eigenvalue weighted by atomic mass is 9.43. The quantitative estimate of drug-likeness (QED) is 0.0359. The first-order valence-corrected chi connectivity index (χ1v) is 16.6. The second-order valence-electron chi connectivity index (χ2n) is 14.3. The highest BCUT2D eigenvalue weighted by Gasteiger charge is 2.68. The molecule has 1 aliphatic heterocycles. The normalized spacial score (nSPS) is 26.4. The number of unbranched alkanes of at least 4 members (excludes halogenated alkanes) is 3. The first-order chi connectivity index (χ1) is 21.2. The van der Waals surface area contributed by atoms with Crippen molar-refractivity contribution < 1.29 is 33.5 Å². The number of aliphatic imine (C=N–C) groups is 1. The summed E-state index contributed by atoms with van der Waals surface area (Å²) in [7, 11) is 0.799. The summed E-state index contributed by atoms with van der Waals surface area (Å²) < 4.78 is 17.9. The van der Waals surface area contributed by atoms with E-state index in [0.29, 0.717) is 56.8 Å². The van der Waals surface area contributed by atoms with Crippen molar-refractivity contribution >= 4 is 30.7 Å². The van der Waals surface area contributed by atoms with Crippen LogP contribution >= 0.6 is 0 Å². The van der Waals surface area contributed by atoms with Gasteiger partial charge in [0.05, 0.1) is 24.8 Å². The molecular weight excluding hydrogens is 581 g/mol. The van der Waals surface area contributed by atoms with Gasteiger partial charge >= 0.3 is 13.1 Å². The number of hydrogen-bond acceptors (Lipinski definition) is 9. The maximum absolute atomic E-state index is 13.8. The SMILES string of the molecule is COC(=O)CCCCCCC(=O)C[C@@H](CCCN=C(N)N[N+](=O)[O-])C(=O)N[C@@H](CC(C)C)B1O[C@@H]2C[C@H]3C[C@H](C3(C)C)[C@]2(C)O1. The number of nitrogens with one attached hydrogen (secondary N) is 2. The summed E-state index contributed by atoms with van der Waals surface area (Å²) in [5.41, 5.74) is 7.14. The number of methoxy groups -OCH3 is 1. The van der Waals surface area contributed by atoms with Crippen molar-refractivity contribution in [2.75, 3.05) is 13.7 Å². The molecule has 6 atom stereocenters. The van der Waals surface area contributed by atoms with Crippen molar-refractivity contribution in [2.24, 2.45) is 39.8 Å². The van der Waals surface area contributed by atoms with E-state index in [0.717, 1.165) is 25.7 Å². The smallest absolute Gasteiger partial charge is 0.469 e. The van der Waals surface area contributed by atoms with Crippen LogP contribution in [0.4, 0.5) is 0 Å². The van der Waals surface area contributed by atoms with Crippen LogP contribution in [0.1, 0.15) is 112 Å². The molecule has 0 aromatic rings. The monoisotopic (exact) mass is 635 g/mol. The topological polar surface area (TPSA) is 184 Å². The standard InChI is InChI=1S/C31H54BN5O8/c1-20(2)16-26(32-44-25-19-22-18-24(30(22,3)4)31(25,5)45-32)35-28(40)21(12-11-15-34-29(33)36-37(41)42)17-23(38)13-9-7-8-10-14-27(39)43-6/h20-22,24-26H,7-19H2,1-6H3,(H,35,40)(H3,33,34,36)/t21-,22-,24-,25-,26+,31+/m1/s1. The summed E-state index contributed by atoms with van der Waals surface area (Å²) in [6, 6.07) is 0. The van der Waals surface area contributed by atoms with Crippen LogP contribution in [-0.4, -0.2) is 67.1 Å². The summed E-state index contributed by atoms with van der Waals surface area (Å²) in [6.07, 6.45) is 7.34. The van der Waals surface area contributed by atoms with Gasteiger partial charge in [-0.2, -0.15) is 0 Å². The Labute approximate surface area is 267 Å². The molecule has 4 aliphatic rings. The second-order valence-corrected chi connectivity index (χ2v) is 14.3. The molecule has 1 amide bonds. The molecule has 3 saturated carbocycles. The Morgan fingerprint density at radius 1 is 1.11 bits per heavy atom. The Morgan fingerprint density at radius 3 is 2.42 bits per heavy atom. The van der Waals surface area contributed by atoms with E-state index in [2.05, 4.69) is 49.7 Å². The molecule has 1 saturated heterocycles. The van der Waals surface area contributed by atoms with Gasteiger partial charge in [0.25, 0.3) is 5.96 Å². The molecule has 14 heteroatoms. The molecule has 0 aromatic carbocycles. The molecule has 45 heavy (non-hydrogen) atoms. The fourth-order valence-corrected chi connectivity index (χ4v) is 7.53. The fraction of sp³-hybridized carbons (Fsp3) is 0.871. The van der Waals surface area contributed by atoms with Gasteiger partial charge in [0, 0.05) is 31.7 Å². The van der Waals surface area contributed by atoms with Crippen LogP contribution in [0.5, 0.6) is 0 Å². The number of nitro groups is 1. The number of ether oxygens (including phenoxy) is 1. The van der Waals surface area contributed by atoms with Gasteiger partial charge in [0.1, 0.15) is 5.78 Å². The van der Waals surface area contributed by atoms with Crippen molar-refractivity contribution in [2.45, 2.75) is 129 Å². The third kappa shape index (κ3) is 9.88. The van der Waals surface area contributed by atoms with Crippen LogP contribution in [-0.2, 0) is 28.4 Å². The van der Waals surface area contributed by atoms with Gasteiger partial charge < -0.3 is 25.1 Å². The Hall–Kier alpha value is -2.74. The lowest BCUT2D eigenvalue weighted by molar-refractivity contribution is -0.525. The second kappa shape index (κ2) is 16.2. The molecule has 13 nitrogen and oxygen atoms in total. The van der Waals surface area contributed by atoms with E-state index in [1.807, 2.05) is 0 Å². The molecule has 3 aliphatic carbocycles. The summed E-state index contributed by atoms with van der Waals surface area (Å²) in [5.74, 6) is -0.471. The van der Waals surface area contributed by atoms with Crippen molar-refractivity contribution in [1.29, 1.82) is 0 Å². The summed E-state index contributed by atoms with van der Waals surface area (Å²) in [6.45, 7) is 11.1. The molecule has 254 valence electrons. The summed E-state index contributed by atoms with van der Waals surface area (Å²) in [4.78, 5) is 52.7. The van der Waals surface area contributed by atoms with Crippen molar-refractivity contribution in [1.82, 2.24) is 10.7 Å². The minimum atomic E-state index is -0.786. The van der Waals surface area contributed by atoms with Crippen LogP contribution in [0, 0.1) is 39.2 Å². The number of ketones is 1. The first kappa shape index (κ1) is 36.7. The molecule has 4 fully saturated rings. The highest BCUT2D eigenvalue weighted by atomic mass is 16.7. The van der Waals surface area contributed by atoms with Gasteiger partial charge in [-0.1, -0.05) is 46.0 Å². The van der Waals surface area contributed by atoms with Crippen molar-refractivity contribution in [3.63, 3.8) is 0 Å². The average Bonchev–Trinajstić information content (AvgIpc) is 3.32. The largest absolute Gasteiger partial charge is 0.481 e. The Balaban J connectivity index is 1.62. The minimum absolute atomic E-state index is 0.00420. The van der Waals surface area contributed by atoms with Gasteiger partial charge in [0.15, 0.2) is 5.03 Å². The van der Waals surface area contributed by atoms with Gasteiger partial charge in [-0.25, -0.2) is 15.1 Å². The van der Waals surface area contributed by atoms with Crippen LogP contribution in [0.2, 0.25) is 0 Å². The predicted molar refractivity (Wildman–Crippen MR) is 170 cm³/mol. The third-order valence-electron chi connectivity index (χ3n) is 10.2. The number of carbonyl (C=O) groups is 3. The Morgan fingerprint density at radius 2 is 1.80 bits per heavy atom. The van der Waals surface area contributed by atoms with E-state index in [9.17, 15) is 24.5 Å². The zero-order chi connectivity index (χ0) is 33.4. The molecule has 0 aromatic heterocycles. The van der Waals surface area contributed by atoms with E-state index >= 15 is 0 Å². The van der Waals surface area contributed by atoms with E-state index < -0.39 is 23.7 Å². The summed E-state index contributed by atoms with van der Waals surface area (Å²) in [5, 5.41) is 13.0. The zero-order valence-electron chi connectivity index (χ0n) is 28.0. The number of amides is 1. The number of carbonyl (C=O) groups excluding carboxylic acids is 3. The molecule has 4 rings (SSSR count).